The number of hydrogen-bond acceptors (Lipinski definition) is 1. The van der Waals surface area contributed by atoms with Gasteiger partial charge in [-0.15, -0.1) is 11.6 Å². The van der Waals surface area contributed by atoms with E-state index in [1.165, 1.54) is 6.07 Å². The molecule has 18 heavy (non-hydrogen) atoms. The summed E-state index contributed by atoms with van der Waals surface area (Å²) in [4.78, 5) is 0. The van der Waals surface area contributed by atoms with Crippen molar-refractivity contribution in [2.24, 2.45) is 0 Å². The van der Waals surface area contributed by atoms with E-state index in [1.807, 2.05) is 20.0 Å². The van der Waals surface area contributed by atoms with E-state index in [-0.39, 0.29) is 11.2 Å². The summed E-state index contributed by atoms with van der Waals surface area (Å²) in [5.74, 6) is -0.216. The summed E-state index contributed by atoms with van der Waals surface area (Å²) in [6.45, 7) is 4.57. The van der Waals surface area contributed by atoms with E-state index in [4.69, 9.17) is 11.6 Å². The Labute approximate surface area is 111 Å². The largest absolute Gasteiger partial charge is 0.268 e. The molecule has 2 nitrogen and oxygen atoms in total. The minimum absolute atomic E-state index is 0.00708. The fourth-order valence-electron chi connectivity index (χ4n) is 1.85. The molecular formula is C14H16ClFN2. The molecule has 0 radical (unpaired) electrons. The topological polar surface area (TPSA) is 17.8 Å². The molecule has 0 aliphatic carbocycles. The van der Waals surface area contributed by atoms with Gasteiger partial charge in [-0.3, -0.25) is 4.68 Å². The van der Waals surface area contributed by atoms with Crippen LogP contribution in [0.1, 0.15) is 35.4 Å². The molecule has 2 aromatic rings. The van der Waals surface area contributed by atoms with Crippen molar-refractivity contribution in [3.05, 3.63) is 53.1 Å². The average Bonchev–Trinajstić information content (AvgIpc) is 2.81. The first-order valence-corrected chi connectivity index (χ1v) is 6.45. The second-order valence-electron chi connectivity index (χ2n) is 4.42. The highest BCUT2D eigenvalue weighted by molar-refractivity contribution is 6.20. The van der Waals surface area contributed by atoms with Crippen molar-refractivity contribution in [1.82, 2.24) is 9.78 Å². The average molecular weight is 267 g/mol. The zero-order chi connectivity index (χ0) is 13.1. The summed E-state index contributed by atoms with van der Waals surface area (Å²) in [5.41, 5.74) is 3.01. The number of halogens is 2. The minimum Gasteiger partial charge on any atom is -0.268 e. The quantitative estimate of drug-likeness (QED) is 0.763. The SMILES string of the molecule is CCC(Cl)c1cnn(Cc2cc(F)ccc2C)c1. The van der Waals surface area contributed by atoms with Crippen molar-refractivity contribution in [2.45, 2.75) is 32.2 Å². The maximum atomic E-state index is 13.2. The third kappa shape index (κ3) is 2.91. The summed E-state index contributed by atoms with van der Waals surface area (Å²) in [6, 6.07) is 4.80. The lowest BCUT2D eigenvalue weighted by molar-refractivity contribution is 0.618. The predicted octanol–water partition coefficient (Wildman–Crippen LogP) is 4.07. The number of rotatable bonds is 4. The van der Waals surface area contributed by atoms with Gasteiger partial charge in [-0.05, 0) is 36.6 Å². The molecule has 96 valence electrons. The van der Waals surface area contributed by atoms with E-state index in [9.17, 15) is 4.39 Å². The molecule has 1 aromatic heterocycles. The van der Waals surface area contributed by atoms with E-state index in [2.05, 4.69) is 5.10 Å². The summed E-state index contributed by atoms with van der Waals surface area (Å²) in [5, 5.41) is 4.25. The van der Waals surface area contributed by atoms with Crippen LogP contribution in [0, 0.1) is 12.7 Å². The van der Waals surface area contributed by atoms with Gasteiger partial charge in [-0.2, -0.15) is 5.10 Å². The fourth-order valence-corrected chi connectivity index (χ4v) is 1.96. The van der Waals surface area contributed by atoms with Crippen LogP contribution < -0.4 is 0 Å². The molecule has 1 unspecified atom stereocenters. The van der Waals surface area contributed by atoms with Gasteiger partial charge >= 0.3 is 0 Å². The normalized spacial score (nSPS) is 12.7. The van der Waals surface area contributed by atoms with Crippen molar-refractivity contribution in [1.29, 1.82) is 0 Å². The molecule has 1 aromatic carbocycles. The first kappa shape index (κ1) is 13.1. The Balaban J connectivity index is 2.18. The second kappa shape index (κ2) is 5.53. The van der Waals surface area contributed by atoms with Crippen molar-refractivity contribution in [3.8, 4) is 0 Å². The Morgan fingerprint density at radius 3 is 2.94 bits per heavy atom. The van der Waals surface area contributed by atoms with E-state index >= 15 is 0 Å². The summed E-state index contributed by atoms with van der Waals surface area (Å²) >= 11 is 6.15. The minimum atomic E-state index is -0.216. The number of nitrogens with zero attached hydrogens (tertiary/aromatic N) is 2. The Morgan fingerprint density at radius 1 is 1.44 bits per heavy atom. The van der Waals surface area contributed by atoms with Crippen molar-refractivity contribution >= 4 is 11.6 Å². The Kier molecular flexibility index (Phi) is 4.02. The van der Waals surface area contributed by atoms with Crippen molar-refractivity contribution in [3.63, 3.8) is 0 Å². The molecule has 0 saturated carbocycles. The molecule has 0 fully saturated rings. The van der Waals surface area contributed by atoms with Crippen LogP contribution in [0.2, 0.25) is 0 Å². The molecule has 0 aliphatic heterocycles. The van der Waals surface area contributed by atoms with Crippen LogP contribution in [0.5, 0.6) is 0 Å². The number of alkyl halides is 1. The lowest BCUT2D eigenvalue weighted by atomic mass is 10.1. The molecule has 1 heterocycles. The van der Waals surface area contributed by atoms with Gasteiger partial charge in [0.2, 0.25) is 0 Å². The molecule has 0 bridgehead atoms. The smallest absolute Gasteiger partial charge is 0.123 e. The Morgan fingerprint density at radius 2 is 2.22 bits per heavy atom. The third-order valence-electron chi connectivity index (χ3n) is 3.02. The zero-order valence-corrected chi connectivity index (χ0v) is 11.3. The highest BCUT2D eigenvalue weighted by Crippen LogP contribution is 2.23. The van der Waals surface area contributed by atoms with Crippen LogP contribution in [0.15, 0.2) is 30.6 Å². The molecular weight excluding hydrogens is 251 g/mol. The lowest BCUT2D eigenvalue weighted by Crippen LogP contribution is -2.02. The Bertz CT molecular complexity index is 536. The molecule has 4 heteroatoms. The van der Waals surface area contributed by atoms with Crippen LogP contribution in [0.25, 0.3) is 0 Å². The van der Waals surface area contributed by atoms with Gasteiger partial charge in [0.1, 0.15) is 5.82 Å². The molecule has 1 atom stereocenters. The van der Waals surface area contributed by atoms with Gasteiger partial charge in [0, 0.05) is 11.8 Å². The maximum absolute atomic E-state index is 13.2. The van der Waals surface area contributed by atoms with Gasteiger partial charge in [0.05, 0.1) is 18.1 Å². The predicted molar refractivity (Wildman–Crippen MR) is 71.4 cm³/mol. The molecule has 2 rings (SSSR count). The highest BCUT2D eigenvalue weighted by atomic mass is 35.5. The van der Waals surface area contributed by atoms with E-state index < -0.39 is 0 Å². The summed E-state index contributed by atoms with van der Waals surface area (Å²) < 4.78 is 15.0. The van der Waals surface area contributed by atoms with Crippen LogP contribution in [-0.4, -0.2) is 9.78 Å². The molecule has 0 spiro atoms. The van der Waals surface area contributed by atoms with Gasteiger partial charge < -0.3 is 0 Å². The second-order valence-corrected chi connectivity index (χ2v) is 4.94. The van der Waals surface area contributed by atoms with Crippen molar-refractivity contribution < 1.29 is 4.39 Å². The van der Waals surface area contributed by atoms with Gasteiger partial charge in [-0.1, -0.05) is 13.0 Å². The van der Waals surface area contributed by atoms with Gasteiger partial charge in [0.15, 0.2) is 0 Å². The van der Waals surface area contributed by atoms with E-state index in [0.29, 0.717) is 6.54 Å². The summed E-state index contributed by atoms with van der Waals surface area (Å²) in [7, 11) is 0. The van der Waals surface area contributed by atoms with E-state index in [0.717, 1.165) is 23.1 Å². The third-order valence-corrected chi connectivity index (χ3v) is 3.58. The van der Waals surface area contributed by atoms with Gasteiger partial charge in [0.25, 0.3) is 0 Å². The lowest BCUT2D eigenvalue weighted by Gasteiger charge is -2.06. The maximum Gasteiger partial charge on any atom is 0.123 e. The Hall–Kier alpha value is -1.35. The summed E-state index contributed by atoms with van der Waals surface area (Å²) in [6.07, 6.45) is 4.56. The van der Waals surface area contributed by atoms with Gasteiger partial charge in [-0.25, -0.2) is 4.39 Å². The van der Waals surface area contributed by atoms with E-state index in [1.54, 1.807) is 23.0 Å². The first-order valence-electron chi connectivity index (χ1n) is 6.01. The number of aromatic nitrogens is 2. The highest BCUT2D eigenvalue weighted by Gasteiger charge is 2.09. The standard InChI is InChI=1S/C14H16ClFN2/c1-3-14(15)12-7-17-18(9-12)8-11-6-13(16)5-4-10(11)2/h4-7,9,14H,3,8H2,1-2H3. The molecule has 0 aliphatic rings. The number of hydrogen-bond donors (Lipinski definition) is 0. The number of aryl methyl sites for hydroxylation is 1. The zero-order valence-electron chi connectivity index (χ0n) is 10.5. The van der Waals surface area contributed by atoms with Crippen molar-refractivity contribution in [2.75, 3.05) is 0 Å². The van der Waals surface area contributed by atoms with Crippen LogP contribution in [0.4, 0.5) is 4.39 Å². The van der Waals surface area contributed by atoms with Crippen LogP contribution in [-0.2, 0) is 6.54 Å². The monoisotopic (exact) mass is 266 g/mol. The first-order chi connectivity index (χ1) is 8.60. The van der Waals surface area contributed by atoms with Crippen LogP contribution >= 0.6 is 11.6 Å². The molecule has 0 saturated heterocycles. The molecule has 0 amide bonds. The van der Waals surface area contributed by atoms with Crippen LogP contribution in [0.3, 0.4) is 0 Å². The fraction of sp³-hybridized carbons (Fsp3) is 0.357. The molecule has 0 N–H and O–H groups in total. The number of benzene rings is 1.